The van der Waals surface area contributed by atoms with Crippen LogP contribution >= 0.6 is 0 Å². The summed E-state index contributed by atoms with van der Waals surface area (Å²) in [4.78, 5) is 9.19. The highest BCUT2D eigenvalue weighted by Crippen LogP contribution is 2.27. The fourth-order valence-corrected chi connectivity index (χ4v) is 2.61. The summed E-state index contributed by atoms with van der Waals surface area (Å²) in [6.07, 6.45) is 1.82. The molecular formula is C20H24N4O. The summed E-state index contributed by atoms with van der Waals surface area (Å²) >= 11 is 0. The lowest BCUT2D eigenvalue weighted by Crippen LogP contribution is -2.14. The van der Waals surface area contributed by atoms with Crippen LogP contribution in [0.1, 0.15) is 33.4 Å². The Kier molecular flexibility index (Phi) is 4.57. The molecule has 2 heterocycles. The van der Waals surface area contributed by atoms with Crippen LogP contribution in [0.4, 0.5) is 0 Å². The maximum Gasteiger partial charge on any atom is 0.212 e. The summed E-state index contributed by atoms with van der Waals surface area (Å²) in [5.41, 5.74) is 3.89. The lowest BCUT2D eigenvalue weighted by molar-refractivity contribution is 0.309. The Balaban J connectivity index is 1.99. The smallest absolute Gasteiger partial charge is 0.212 e. The van der Waals surface area contributed by atoms with Crippen LogP contribution in [0, 0.1) is 0 Å². The molecule has 2 aromatic heterocycles. The molecule has 130 valence electrons. The van der Waals surface area contributed by atoms with Crippen molar-refractivity contribution in [3.63, 3.8) is 0 Å². The number of hydrogen-bond donors (Lipinski definition) is 0. The third-order valence-corrected chi connectivity index (χ3v) is 3.97. The first-order valence-corrected chi connectivity index (χ1v) is 8.49. The molecule has 0 spiro atoms. The number of rotatable bonds is 4. The van der Waals surface area contributed by atoms with E-state index in [1.54, 1.807) is 4.68 Å². The number of ether oxygens (including phenoxy) is 1. The van der Waals surface area contributed by atoms with E-state index in [4.69, 9.17) is 9.72 Å². The van der Waals surface area contributed by atoms with Crippen LogP contribution in [-0.4, -0.2) is 26.4 Å². The Morgan fingerprint density at radius 1 is 1.08 bits per heavy atom. The van der Waals surface area contributed by atoms with Gasteiger partial charge < -0.3 is 4.74 Å². The predicted molar refractivity (Wildman–Crippen MR) is 99.5 cm³/mol. The molecule has 3 aromatic rings. The van der Waals surface area contributed by atoms with Crippen molar-refractivity contribution in [1.82, 2.24) is 19.7 Å². The van der Waals surface area contributed by atoms with E-state index in [9.17, 15) is 0 Å². The molecule has 5 nitrogen and oxygen atoms in total. The molecule has 0 unspecified atom stereocenters. The van der Waals surface area contributed by atoms with Crippen LogP contribution in [0.5, 0.6) is 5.88 Å². The molecule has 3 rings (SSSR count). The predicted octanol–water partition coefficient (Wildman–Crippen LogP) is 4.24. The van der Waals surface area contributed by atoms with Crippen molar-refractivity contribution in [3.05, 3.63) is 48.3 Å². The second-order valence-corrected chi connectivity index (χ2v) is 7.02. The molecule has 25 heavy (non-hydrogen) atoms. The second-order valence-electron chi connectivity index (χ2n) is 7.02. The number of nitrogens with zero attached hydrogens (tertiary/aromatic N) is 4. The van der Waals surface area contributed by atoms with E-state index >= 15 is 0 Å². The van der Waals surface area contributed by atoms with Crippen LogP contribution in [0.2, 0.25) is 0 Å². The highest BCUT2D eigenvalue weighted by atomic mass is 16.5. The molecule has 0 aliphatic rings. The van der Waals surface area contributed by atoms with Gasteiger partial charge >= 0.3 is 0 Å². The van der Waals surface area contributed by atoms with E-state index in [-0.39, 0.29) is 5.41 Å². The Labute approximate surface area is 148 Å². The summed E-state index contributed by atoms with van der Waals surface area (Å²) in [5, 5.41) is 4.54. The van der Waals surface area contributed by atoms with Gasteiger partial charge in [-0.05, 0) is 19.1 Å². The van der Waals surface area contributed by atoms with Crippen LogP contribution in [0.25, 0.3) is 22.6 Å². The molecule has 0 amide bonds. The largest absolute Gasteiger partial charge is 0.478 e. The van der Waals surface area contributed by atoms with Gasteiger partial charge in [-0.3, -0.25) is 0 Å². The molecule has 0 fully saturated rings. The van der Waals surface area contributed by atoms with Gasteiger partial charge in [0, 0.05) is 41.5 Å². The van der Waals surface area contributed by atoms with Gasteiger partial charge in [0.05, 0.1) is 12.3 Å². The van der Waals surface area contributed by atoms with Gasteiger partial charge in [-0.1, -0.05) is 39.0 Å². The number of hydrogen-bond acceptors (Lipinski definition) is 4. The van der Waals surface area contributed by atoms with E-state index in [0.29, 0.717) is 6.61 Å². The van der Waals surface area contributed by atoms with E-state index in [0.717, 1.165) is 34.2 Å². The zero-order valence-corrected chi connectivity index (χ0v) is 15.4. The number of aryl methyl sites for hydroxylation is 1. The lowest BCUT2D eigenvalue weighted by atomic mass is 9.92. The van der Waals surface area contributed by atoms with Crippen LogP contribution in [0.3, 0.4) is 0 Å². The zero-order valence-electron chi connectivity index (χ0n) is 15.4. The summed E-state index contributed by atoms with van der Waals surface area (Å²) in [5.74, 6) is 1.49. The second kappa shape index (κ2) is 6.67. The molecule has 0 saturated carbocycles. The van der Waals surface area contributed by atoms with Crippen molar-refractivity contribution in [2.75, 3.05) is 6.61 Å². The van der Waals surface area contributed by atoms with E-state index in [1.165, 1.54) is 0 Å². The van der Waals surface area contributed by atoms with Crippen LogP contribution < -0.4 is 4.74 Å². The zero-order chi connectivity index (χ0) is 18.0. The third kappa shape index (κ3) is 3.71. The molecule has 0 aliphatic heterocycles. The van der Waals surface area contributed by atoms with Gasteiger partial charge in [0.25, 0.3) is 0 Å². The Hall–Kier alpha value is -2.69. The van der Waals surface area contributed by atoms with Crippen molar-refractivity contribution >= 4 is 0 Å². The summed E-state index contributed by atoms with van der Waals surface area (Å²) in [6, 6.07) is 12.1. The fourth-order valence-electron chi connectivity index (χ4n) is 2.61. The minimum absolute atomic E-state index is 0.0112. The molecule has 1 aromatic carbocycles. The van der Waals surface area contributed by atoms with Gasteiger partial charge in [-0.25, -0.2) is 14.6 Å². The molecule has 0 atom stereocenters. The summed E-state index contributed by atoms with van der Waals surface area (Å²) < 4.78 is 7.33. The van der Waals surface area contributed by atoms with Crippen molar-refractivity contribution in [3.8, 4) is 28.5 Å². The van der Waals surface area contributed by atoms with Crippen LogP contribution in [-0.2, 0) is 12.5 Å². The van der Waals surface area contributed by atoms with Crippen molar-refractivity contribution in [2.45, 2.75) is 33.1 Å². The first-order valence-electron chi connectivity index (χ1n) is 8.49. The topological polar surface area (TPSA) is 52.8 Å². The van der Waals surface area contributed by atoms with E-state index in [2.05, 4.69) is 36.9 Å². The quantitative estimate of drug-likeness (QED) is 0.715. The SMILES string of the molecule is CCOc1cc(-c2cccc(-c3nccc(C(C)(C)C)n3)c2)nn1C. The molecule has 0 bridgehead atoms. The average molecular weight is 336 g/mol. The minimum atomic E-state index is -0.0112. The van der Waals surface area contributed by atoms with Crippen molar-refractivity contribution in [2.24, 2.45) is 7.05 Å². The molecule has 0 aliphatic carbocycles. The molecule has 0 radical (unpaired) electrons. The van der Waals surface area contributed by atoms with Gasteiger partial charge in [-0.2, -0.15) is 5.10 Å². The van der Waals surface area contributed by atoms with Gasteiger partial charge in [-0.15, -0.1) is 0 Å². The standard InChI is InChI=1S/C20H24N4O/c1-6-25-18-13-16(23-24(18)5)14-8-7-9-15(12-14)19-21-11-10-17(22-19)20(2,3)4/h7-13H,6H2,1-5H3. The Morgan fingerprint density at radius 3 is 2.56 bits per heavy atom. The highest BCUT2D eigenvalue weighted by molar-refractivity contribution is 5.68. The molecule has 5 heteroatoms. The first-order chi connectivity index (χ1) is 11.9. The third-order valence-electron chi connectivity index (χ3n) is 3.97. The van der Waals surface area contributed by atoms with Gasteiger partial charge in [0.1, 0.15) is 0 Å². The summed E-state index contributed by atoms with van der Waals surface area (Å²) in [7, 11) is 1.88. The maximum atomic E-state index is 5.58. The number of aromatic nitrogens is 4. The van der Waals surface area contributed by atoms with Crippen LogP contribution in [0.15, 0.2) is 42.6 Å². The normalized spacial score (nSPS) is 11.6. The first kappa shape index (κ1) is 17.1. The minimum Gasteiger partial charge on any atom is -0.478 e. The van der Waals surface area contributed by atoms with Gasteiger partial charge in [0.2, 0.25) is 5.88 Å². The molecule has 0 saturated heterocycles. The highest BCUT2D eigenvalue weighted by Gasteiger charge is 2.17. The van der Waals surface area contributed by atoms with Crippen molar-refractivity contribution < 1.29 is 4.74 Å². The monoisotopic (exact) mass is 336 g/mol. The summed E-state index contributed by atoms with van der Waals surface area (Å²) in [6.45, 7) is 9.04. The van der Waals surface area contributed by atoms with Crippen molar-refractivity contribution in [1.29, 1.82) is 0 Å². The number of benzene rings is 1. The lowest BCUT2D eigenvalue weighted by Gasteiger charge is -2.17. The molecule has 0 N–H and O–H groups in total. The van der Waals surface area contributed by atoms with E-state index in [1.807, 2.05) is 50.5 Å². The van der Waals surface area contributed by atoms with E-state index < -0.39 is 0 Å². The Morgan fingerprint density at radius 2 is 1.84 bits per heavy atom. The Bertz CT molecular complexity index is 877. The average Bonchev–Trinajstić information content (AvgIpc) is 2.96. The molecular weight excluding hydrogens is 312 g/mol. The fraction of sp³-hybridized carbons (Fsp3) is 0.350. The maximum absolute atomic E-state index is 5.58. The van der Waals surface area contributed by atoms with Gasteiger partial charge in [0.15, 0.2) is 5.82 Å².